The number of aliphatic hydroxyl groups is 2. The summed E-state index contributed by atoms with van der Waals surface area (Å²) in [4.78, 5) is 17.6. The molecule has 7 nitrogen and oxygen atoms in total. The van der Waals surface area contributed by atoms with E-state index >= 15 is 0 Å². The Kier molecular flexibility index (Phi) is 6.28. The van der Waals surface area contributed by atoms with E-state index in [1.165, 1.54) is 4.57 Å². The number of benzene rings is 2. The number of nitrogens with zero attached hydrogens (tertiary/aromatic N) is 2. The standard InChI is InChI=1S/C26H33N3O4Si/c1-18-16-29(24(32)28-23(18)27)26(15-21(31)22(17-30)33-26)34(25(2,3)4,19-11-7-5-8-12-19)20-13-9-6-10-14-20/h5-14,16,21-22,30-31H,15,17H2,1-4H3,(H2,27,28,32)/t21-,22+,26-/m0/s1. The van der Waals surface area contributed by atoms with Crippen LogP contribution in [-0.2, 0) is 10.1 Å². The number of hydrogen-bond donors (Lipinski definition) is 3. The van der Waals surface area contributed by atoms with E-state index in [0.29, 0.717) is 5.56 Å². The molecule has 0 amide bonds. The highest BCUT2D eigenvalue weighted by Crippen LogP contribution is 2.51. The van der Waals surface area contributed by atoms with Crippen LogP contribution in [0.4, 0.5) is 5.82 Å². The maximum atomic E-state index is 13.5. The van der Waals surface area contributed by atoms with Crippen LogP contribution in [0.3, 0.4) is 0 Å². The Labute approximate surface area is 200 Å². The van der Waals surface area contributed by atoms with Gasteiger partial charge in [-0.1, -0.05) is 81.4 Å². The van der Waals surface area contributed by atoms with Gasteiger partial charge in [0.1, 0.15) is 17.3 Å². The zero-order chi connectivity index (χ0) is 24.7. The van der Waals surface area contributed by atoms with E-state index in [9.17, 15) is 15.0 Å². The monoisotopic (exact) mass is 479 g/mol. The van der Waals surface area contributed by atoms with Gasteiger partial charge in [0.2, 0.25) is 0 Å². The lowest BCUT2D eigenvalue weighted by Crippen LogP contribution is -2.79. The van der Waals surface area contributed by atoms with Crippen molar-refractivity contribution >= 4 is 24.3 Å². The number of ether oxygens (including phenoxy) is 1. The lowest BCUT2D eigenvalue weighted by Gasteiger charge is -2.54. The van der Waals surface area contributed by atoms with Crippen molar-refractivity contribution in [2.24, 2.45) is 0 Å². The van der Waals surface area contributed by atoms with Crippen molar-refractivity contribution in [3.63, 3.8) is 0 Å². The normalized spacial score (nSPS) is 23.2. The Morgan fingerprint density at radius 3 is 2.09 bits per heavy atom. The molecule has 4 rings (SSSR count). The number of rotatable bonds is 5. The average molecular weight is 480 g/mol. The molecule has 0 bridgehead atoms. The molecule has 4 N–H and O–H groups in total. The van der Waals surface area contributed by atoms with Gasteiger partial charge in [-0.25, -0.2) is 4.79 Å². The zero-order valence-electron chi connectivity index (χ0n) is 20.1. The average Bonchev–Trinajstić information content (AvgIpc) is 3.14. The minimum Gasteiger partial charge on any atom is -0.394 e. The number of hydrogen-bond acceptors (Lipinski definition) is 6. The first kappa shape index (κ1) is 24.3. The third-order valence-corrected chi connectivity index (χ3v) is 13.5. The summed E-state index contributed by atoms with van der Waals surface area (Å²) in [6.45, 7) is 7.91. The summed E-state index contributed by atoms with van der Waals surface area (Å²) in [5, 5.41) is 21.6. The number of aliphatic hydroxyl groups excluding tert-OH is 2. The number of aromatic nitrogens is 2. The molecule has 3 aromatic rings. The summed E-state index contributed by atoms with van der Waals surface area (Å²) < 4.78 is 8.25. The molecule has 0 unspecified atom stereocenters. The van der Waals surface area contributed by atoms with Crippen LogP contribution in [-0.4, -0.2) is 46.7 Å². The largest absolute Gasteiger partial charge is 0.394 e. The van der Waals surface area contributed by atoms with Gasteiger partial charge in [-0.05, 0) is 22.3 Å². The minimum absolute atomic E-state index is 0.135. The lowest BCUT2D eigenvalue weighted by molar-refractivity contribution is -0.0763. The molecular formula is C26H33N3O4Si. The van der Waals surface area contributed by atoms with Crippen molar-refractivity contribution in [2.75, 3.05) is 12.3 Å². The van der Waals surface area contributed by atoms with Crippen LogP contribution in [0.5, 0.6) is 0 Å². The van der Waals surface area contributed by atoms with E-state index in [1.807, 2.05) is 36.4 Å². The molecule has 1 aliphatic rings. The van der Waals surface area contributed by atoms with Gasteiger partial charge in [0.05, 0.1) is 12.7 Å². The molecule has 1 fully saturated rings. The van der Waals surface area contributed by atoms with Gasteiger partial charge in [0.15, 0.2) is 8.07 Å². The van der Waals surface area contributed by atoms with E-state index in [2.05, 4.69) is 50.0 Å². The predicted molar refractivity (Wildman–Crippen MR) is 136 cm³/mol. The topological polar surface area (TPSA) is 111 Å². The van der Waals surface area contributed by atoms with Crippen molar-refractivity contribution in [1.82, 2.24) is 9.55 Å². The molecule has 0 aliphatic carbocycles. The first-order valence-corrected chi connectivity index (χ1v) is 13.5. The molecule has 0 spiro atoms. The lowest BCUT2D eigenvalue weighted by atomic mass is 10.2. The highest BCUT2D eigenvalue weighted by atomic mass is 28.3. The van der Waals surface area contributed by atoms with Gasteiger partial charge >= 0.3 is 5.69 Å². The number of anilines is 1. The van der Waals surface area contributed by atoms with Crippen LogP contribution in [0.15, 0.2) is 71.7 Å². The molecule has 0 radical (unpaired) electrons. The first-order chi connectivity index (χ1) is 16.1. The van der Waals surface area contributed by atoms with Gasteiger partial charge in [0, 0.05) is 18.2 Å². The maximum Gasteiger partial charge on any atom is 0.351 e. The highest BCUT2D eigenvalue weighted by Gasteiger charge is 2.68. The van der Waals surface area contributed by atoms with E-state index in [-0.39, 0.29) is 18.8 Å². The summed E-state index contributed by atoms with van der Waals surface area (Å²) in [5.74, 6) is 0.163. The van der Waals surface area contributed by atoms with E-state index in [1.54, 1.807) is 13.1 Å². The zero-order valence-corrected chi connectivity index (χ0v) is 21.1. The van der Waals surface area contributed by atoms with Crippen LogP contribution in [0.25, 0.3) is 0 Å². The second kappa shape index (κ2) is 8.78. The van der Waals surface area contributed by atoms with Crippen LogP contribution in [0, 0.1) is 6.92 Å². The van der Waals surface area contributed by atoms with Crippen LogP contribution < -0.4 is 21.8 Å². The molecule has 8 heteroatoms. The van der Waals surface area contributed by atoms with Crippen molar-refractivity contribution < 1.29 is 14.9 Å². The Morgan fingerprint density at radius 1 is 1.12 bits per heavy atom. The number of nitrogen functional groups attached to an aromatic ring is 1. The van der Waals surface area contributed by atoms with Crippen LogP contribution >= 0.6 is 0 Å². The Hall–Kier alpha value is -2.78. The van der Waals surface area contributed by atoms with Gasteiger partial charge in [0.25, 0.3) is 0 Å². The molecule has 1 aliphatic heterocycles. The minimum atomic E-state index is -3.19. The molecule has 3 atom stereocenters. The quantitative estimate of drug-likeness (QED) is 0.479. The molecule has 2 heterocycles. The van der Waals surface area contributed by atoms with Crippen molar-refractivity contribution in [3.8, 4) is 0 Å². The third-order valence-electron chi connectivity index (χ3n) is 7.10. The first-order valence-electron chi connectivity index (χ1n) is 11.5. The van der Waals surface area contributed by atoms with Crippen molar-refractivity contribution in [3.05, 3.63) is 82.9 Å². The SMILES string of the molecule is Cc1cn([C@@]2([Si](c3ccccc3)(c3ccccc3)C(C)(C)C)C[C@H](O)[C@@H](CO)O2)c(=O)nc1N. The Morgan fingerprint density at radius 2 is 1.65 bits per heavy atom. The molecule has 0 saturated carbocycles. The van der Waals surface area contributed by atoms with Gasteiger partial charge in [-0.2, -0.15) is 4.98 Å². The van der Waals surface area contributed by atoms with E-state index in [0.717, 1.165) is 10.4 Å². The summed E-state index contributed by atoms with van der Waals surface area (Å²) in [6.07, 6.45) is 0.0234. The summed E-state index contributed by atoms with van der Waals surface area (Å²) in [6, 6.07) is 20.2. The fourth-order valence-electron chi connectivity index (χ4n) is 5.79. The Bertz CT molecular complexity index is 1170. The maximum absolute atomic E-state index is 13.5. The summed E-state index contributed by atoms with van der Waals surface area (Å²) >= 11 is 0. The fraction of sp³-hybridized carbons (Fsp3) is 0.385. The Balaban J connectivity index is 2.22. The van der Waals surface area contributed by atoms with Gasteiger partial charge < -0.3 is 20.7 Å². The second-order valence-electron chi connectivity index (χ2n) is 10.1. The van der Waals surface area contributed by atoms with Crippen molar-refractivity contribution in [2.45, 2.75) is 56.7 Å². The highest BCUT2D eigenvalue weighted by molar-refractivity contribution is 7.05. The fourth-order valence-corrected chi connectivity index (χ4v) is 12.7. The molecule has 1 aromatic heterocycles. The number of nitrogens with two attached hydrogens (primary N) is 1. The molecule has 2 aromatic carbocycles. The van der Waals surface area contributed by atoms with Crippen LogP contribution in [0.2, 0.25) is 5.04 Å². The van der Waals surface area contributed by atoms with Crippen molar-refractivity contribution in [1.29, 1.82) is 0 Å². The second-order valence-corrected chi connectivity index (χ2v) is 15.0. The van der Waals surface area contributed by atoms with Gasteiger partial charge in [-0.3, -0.25) is 4.57 Å². The van der Waals surface area contributed by atoms with E-state index in [4.69, 9.17) is 10.5 Å². The molecule has 1 saturated heterocycles. The molecular weight excluding hydrogens is 446 g/mol. The van der Waals surface area contributed by atoms with E-state index < -0.39 is 36.4 Å². The number of aryl methyl sites for hydroxylation is 1. The summed E-state index contributed by atoms with van der Waals surface area (Å²) in [7, 11) is -3.19. The third kappa shape index (κ3) is 3.53. The molecule has 34 heavy (non-hydrogen) atoms. The van der Waals surface area contributed by atoms with Gasteiger partial charge in [-0.15, -0.1) is 0 Å². The predicted octanol–water partition coefficient (Wildman–Crippen LogP) is 1.53. The summed E-state index contributed by atoms with van der Waals surface area (Å²) in [5.41, 5.74) is 6.09. The smallest absolute Gasteiger partial charge is 0.351 e. The molecule has 180 valence electrons. The van der Waals surface area contributed by atoms with Crippen LogP contribution in [0.1, 0.15) is 32.8 Å².